The molecule has 0 atom stereocenters. The van der Waals surface area contributed by atoms with Gasteiger partial charge in [-0.25, -0.2) is 12.8 Å². The van der Waals surface area contributed by atoms with Crippen LogP contribution in [0.3, 0.4) is 0 Å². The van der Waals surface area contributed by atoms with Crippen molar-refractivity contribution >= 4 is 15.5 Å². The van der Waals surface area contributed by atoms with Gasteiger partial charge >= 0.3 is 0 Å². The lowest BCUT2D eigenvalue weighted by Crippen LogP contribution is -2.12. The van der Waals surface area contributed by atoms with Gasteiger partial charge in [-0.15, -0.1) is 5.10 Å². The molecule has 0 spiro atoms. The summed E-state index contributed by atoms with van der Waals surface area (Å²) in [5.74, 6) is -1.26. The minimum absolute atomic E-state index is 0.0433. The Hall–Kier alpha value is -3.21. The quantitative estimate of drug-likeness (QED) is 0.384. The van der Waals surface area contributed by atoms with Crippen molar-refractivity contribution in [2.24, 2.45) is 0 Å². The highest BCUT2D eigenvalue weighted by Gasteiger charge is 2.24. The molecule has 0 N–H and O–H groups in total. The van der Waals surface area contributed by atoms with Gasteiger partial charge in [0.25, 0.3) is 5.69 Å². The van der Waals surface area contributed by atoms with Gasteiger partial charge in [-0.1, -0.05) is 12.1 Å². The van der Waals surface area contributed by atoms with E-state index < -0.39 is 26.3 Å². The fraction of sp³-hybridized carbons (Fsp3) is 0.0714. The van der Waals surface area contributed by atoms with Gasteiger partial charge in [-0.05, 0) is 40.8 Å². The number of sulfone groups is 1. The maximum Gasteiger partial charge on any atom is 0.295 e. The van der Waals surface area contributed by atoms with Crippen LogP contribution in [0, 0.1) is 15.9 Å². The molecule has 3 aromatic rings. The molecule has 3 rings (SSSR count). The van der Waals surface area contributed by atoms with Crippen LogP contribution < -0.4 is 0 Å². The molecule has 0 aliphatic rings. The molecule has 0 radical (unpaired) electrons. The predicted molar refractivity (Wildman–Crippen MR) is 83.1 cm³/mol. The van der Waals surface area contributed by atoms with Gasteiger partial charge in [0, 0.05) is 6.07 Å². The highest BCUT2D eigenvalue weighted by atomic mass is 32.2. The first kappa shape index (κ1) is 16.6. The van der Waals surface area contributed by atoms with Crippen molar-refractivity contribution in [1.29, 1.82) is 0 Å². The van der Waals surface area contributed by atoms with Crippen molar-refractivity contribution in [3.63, 3.8) is 0 Å². The third-order valence-electron chi connectivity index (χ3n) is 3.33. The zero-order valence-electron chi connectivity index (χ0n) is 12.5. The van der Waals surface area contributed by atoms with Gasteiger partial charge in [0.2, 0.25) is 0 Å². The molecule has 0 fully saturated rings. The first-order chi connectivity index (χ1) is 11.9. The molecule has 0 saturated carbocycles. The minimum Gasteiger partial charge on any atom is -0.258 e. The monoisotopic (exact) mass is 363 g/mol. The second kappa shape index (κ2) is 6.36. The zero-order chi connectivity index (χ0) is 18.0. The van der Waals surface area contributed by atoms with Gasteiger partial charge in [-0.2, -0.15) is 4.68 Å². The van der Waals surface area contributed by atoms with E-state index in [1.807, 2.05) is 0 Å². The van der Waals surface area contributed by atoms with Crippen molar-refractivity contribution < 1.29 is 17.7 Å². The summed E-state index contributed by atoms with van der Waals surface area (Å²) in [5, 5.41) is 21.8. The SMILES string of the molecule is O=[N+]([O-])c1ccccc1-n1nnnc1CS(=O)(=O)c1ccc(F)cc1. The van der Waals surface area contributed by atoms with Gasteiger partial charge in [0.1, 0.15) is 17.3 Å². The molecule has 0 amide bonds. The van der Waals surface area contributed by atoms with Gasteiger partial charge in [-0.3, -0.25) is 10.1 Å². The predicted octanol–water partition coefficient (Wildman–Crippen LogP) is 1.68. The molecule has 1 aromatic heterocycles. The lowest BCUT2D eigenvalue weighted by Gasteiger charge is -2.06. The molecule has 1 heterocycles. The second-order valence-corrected chi connectivity index (χ2v) is 6.96. The molecule has 128 valence electrons. The van der Waals surface area contributed by atoms with Crippen LogP contribution in [0.2, 0.25) is 0 Å². The normalized spacial score (nSPS) is 11.4. The fourth-order valence-electron chi connectivity index (χ4n) is 2.18. The number of hydrogen-bond donors (Lipinski definition) is 0. The molecular weight excluding hydrogens is 353 g/mol. The molecule has 25 heavy (non-hydrogen) atoms. The van der Waals surface area contributed by atoms with Gasteiger partial charge in [0.15, 0.2) is 15.7 Å². The number of aromatic nitrogens is 4. The average Bonchev–Trinajstić information content (AvgIpc) is 3.02. The number of nitro groups is 1. The average molecular weight is 363 g/mol. The van der Waals surface area contributed by atoms with E-state index in [2.05, 4.69) is 15.5 Å². The summed E-state index contributed by atoms with van der Waals surface area (Å²) in [7, 11) is -3.86. The van der Waals surface area contributed by atoms with E-state index in [1.54, 1.807) is 6.07 Å². The summed E-state index contributed by atoms with van der Waals surface area (Å²) in [5.41, 5.74) is -0.225. The van der Waals surface area contributed by atoms with Gasteiger partial charge in [0.05, 0.1) is 9.82 Å². The molecule has 9 nitrogen and oxygen atoms in total. The maximum atomic E-state index is 13.0. The lowest BCUT2D eigenvalue weighted by atomic mass is 10.3. The van der Waals surface area contributed by atoms with Crippen molar-refractivity contribution in [2.45, 2.75) is 10.6 Å². The zero-order valence-corrected chi connectivity index (χ0v) is 13.3. The summed E-state index contributed by atoms with van der Waals surface area (Å²) >= 11 is 0. The van der Waals surface area contributed by atoms with Crippen LogP contribution in [0.25, 0.3) is 5.69 Å². The Morgan fingerprint density at radius 3 is 2.48 bits per heavy atom. The first-order valence-electron chi connectivity index (χ1n) is 6.88. The molecule has 0 bridgehead atoms. The second-order valence-electron chi connectivity index (χ2n) is 4.97. The Labute approximate surface area is 140 Å². The van der Waals surface area contributed by atoms with Gasteiger partial charge < -0.3 is 0 Å². The Morgan fingerprint density at radius 2 is 1.80 bits per heavy atom. The number of nitro benzene ring substituents is 1. The van der Waals surface area contributed by atoms with Crippen molar-refractivity contribution in [3.8, 4) is 5.69 Å². The Morgan fingerprint density at radius 1 is 1.12 bits per heavy atom. The van der Waals surface area contributed by atoms with Crippen LogP contribution in [0.4, 0.5) is 10.1 Å². The molecule has 11 heteroatoms. The Kier molecular flexibility index (Phi) is 4.23. The van der Waals surface area contributed by atoms with Crippen LogP contribution in [0.1, 0.15) is 5.82 Å². The highest BCUT2D eigenvalue weighted by molar-refractivity contribution is 7.90. The number of nitrogens with zero attached hydrogens (tertiary/aromatic N) is 5. The number of halogens is 1. The van der Waals surface area contributed by atoms with Crippen LogP contribution in [0.15, 0.2) is 53.4 Å². The van der Waals surface area contributed by atoms with Crippen molar-refractivity contribution in [3.05, 3.63) is 70.3 Å². The Balaban J connectivity index is 2.01. The molecule has 0 aliphatic heterocycles. The van der Waals surface area contributed by atoms with Crippen molar-refractivity contribution in [2.75, 3.05) is 0 Å². The number of para-hydroxylation sites is 2. The summed E-state index contributed by atoms with van der Waals surface area (Å²) in [4.78, 5) is 10.4. The topological polar surface area (TPSA) is 121 Å². The van der Waals surface area contributed by atoms with E-state index in [9.17, 15) is 22.9 Å². The fourth-order valence-corrected chi connectivity index (χ4v) is 3.41. The van der Waals surface area contributed by atoms with E-state index in [0.29, 0.717) is 0 Å². The van der Waals surface area contributed by atoms with E-state index in [-0.39, 0.29) is 22.1 Å². The summed E-state index contributed by atoms with van der Waals surface area (Å²) in [6.45, 7) is 0. The molecular formula is C14H10FN5O4S. The van der Waals surface area contributed by atoms with Crippen molar-refractivity contribution in [1.82, 2.24) is 20.2 Å². The van der Waals surface area contributed by atoms with E-state index in [1.165, 1.54) is 18.2 Å². The Bertz CT molecular complexity index is 1030. The first-order valence-corrected chi connectivity index (χ1v) is 8.53. The van der Waals surface area contributed by atoms with Crippen LogP contribution >= 0.6 is 0 Å². The summed E-state index contributed by atoms with van der Waals surface area (Å²) < 4.78 is 38.9. The largest absolute Gasteiger partial charge is 0.295 e. The molecule has 0 saturated heterocycles. The number of hydrogen-bond acceptors (Lipinski definition) is 7. The number of tetrazole rings is 1. The third-order valence-corrected chi connectivity index (χ3v) is 4.96. The number of rotatable bonds is 5. The minimum atomic E-state index is -3.86. The molecule has 2 aromatic carbocycles. The highest BCUT2D eigenvalue weighted by Crippen LogP contribution is 2.23. The summed E-state index contributed by atoms with van der Waals surface area (Å²) in [6, 6.07) is 9.99. The van der Waals surface area contributed by atoms with Crippen LogP contribution in [0.5, 0.6) is 0 Å². The summed E-state index contributed by atoms with van der Waals surface area (Å²) in [6.07, 6.45) is 0. The van der Waals surface area contributed by atoms with E-state index in [0.717, 1.165) is 28.9 Å². The lowest BCUT2D eigenvalue weighted by molar-refractivity contribution is -0.384. The maximum absolute atomic E-state index is 13.0. The standard InChI is InChI=1S/C14H10FN5O4S/c15-10-5-7-11(8-6-10)25(23,24)9-14-16-17-18-19(14)12-3-1-2-4-13(12)20(21)22/h1-8H,9H2. The van der Waals surface area contributed by atoms with Crippen LogP contribution in [-0.2, 0) is 15.6 Å². The molecule has 0 unspecified atom stereocenters. The smallest absolute Gasteiger partial charge is 0.258 e. The van der Waals surface area contributed by atoms with E-state index in [4.69, 9.17) is 0 Å². The number of benzene rings is 2. The third kappa shape index (κ3) is 3.35. The molecule has 0 aliphatic carbocycles. The van der Waals surface area contributed by atoms with E-state index >= 15 is 0 Å². The van der Waals surface area contributed by atoms with Crippen LogP contribution in [-0.4, -0.2) is 33.5 Å².